The number of hydrogen-bond donors (Lipinski definition) is 1. The number of aryl methyl sites for hydroxylation is 1. The maximum absolute atomic E-state index is 12.2. The molecule has 0 atom stereocenters. The van der Waals surface area contributed by atoms with Crippen LogP contribution in [0.5, 0.6) is 11.5 Å². The van der Waals surface area contributed by atoms with Crippen LogP contribution in [0.25, 0.3) is 20.8 Å². The van der Waals surface area contributed by atoms with Gasteiger partial charge >= 0.3 is 0 Å². The Balaban J connectivity index is 1.40. The summed E-state index contributed by atoms with van der Waals surface area (Å²) < 4.78 is 11.9. The molecule has 0 saturated heterocycles. The molecule has 1 heterocycles. The minimum Gasteiger partial charge on any atom is -0.493 e. The summed E-state index contributed by atoms with van der Waals surface area (Å²) in [6.07, 6.45) is 0. The monoisotopic (exact) mass is 404 g/mol. The zero-order chi connectivity index (χ0) is 20.2. The summed E-state index contributed by atoms with van der Waals surface area (Å²) in [6.45, 7) is 1.98. The summed E-state index contributed by atoms with van der Waals surface area (Å²) in [5.74, 6) is 0.890. The second kappa shape index (κ2) is 8.32. The average Bonchev–Trinajstić information content (AvgIpc) is 3.16. The van der Waals surface area contributed by atoms with E-state index in [2.05, 4.69) is 24.4 Å². The molecule has 0 fully saturated rings. The maximum atomic E-state index is 12.2. The lowest BCUT2D eigenvalue weighted by atomic mass is 10.2. The molecule has 4 aromatic rings. The smallest absolute Gasteiger partial charge is 0.262 e. The molecule has 3 aromatic carbocycles. The van der Waals surface area contributed by atoms with E-state index in [4.69, 9.17) is 14.5 Å². The van der Waals surface area contributed by atoms with Gasteiger partial charge in [-0.25, -0.2) is 4.98 Å². The molecule has 0 radical (unpaired) electrons. The first kappa shape index (κ1) is 19.0. The van der Waals surface area contributed by atoms with Crippen molar-refractivity contribution in [2.45, 2.75) is 6.92 Å². The number of methoxy groups -OCH3 is 1. The van der Waals surface area contributed by atoms with E-state index in [1.54, 1.807) is 30.6 Å². The number of ether oxygens (including phenoxy) is 2. The summed E-state index contributed by atoms with van der Waals surface area (Å²) in [5.41, 5.74) is 3.95. The van der Waals surface area contributed by atoms with Gasteiger partial charge in [-0.15, -0.1) is 11.3 Å². The van der Waals surface area contributed by atoms with E-state index in [-0.39, 0.29) is 12.5 Å². The van der Waals surface area contributed by atoms with Gasteiger partial charge < -0.3 is 14.8 Å². The van der Waals surface area contributed by atoms with Crippen LogP contribution in [0.1, 0.15) is 5.56 Å². The lowest BCUT2D eigenvalue weighted by Crippen LogP contribution is -2.20. The van der Waals surface area contributed by atoms with Crippen molar-refractivity contribution in [1.29, 1.82) is 0 Å². The Kier molecular flexibility index (Phi) is 5.44. The number of hydrogen-bond acceptors (Lipinski definition) is 5. The van der Waals surface area contributed by atoms with Crippen molar-refractivity contribution >= 4 is 33.1 Å². The molecule has 0 bridgehead atoms. The Morgan fingerprint density at radius 2 is 1.79 bits per heavy atom. The van der Waals surface area contributed by atoms with E-state index in [0.29, 0.717) is 17.2 Å². The lowest BCUT2D eigenvalue weighted by Gasteiger charge is -2.10. The Morgan fingerprint density at radius 3 is 2.55 bits per heavy atom. The van der Waals surface area contributed by atoms with Crippen LogP contribution in [-0.2, 0) is 4.79 Å². The fourth-order valence-electron chi connectivity index (χ4n) is 2.93. The van der Waals surface area contributed by atoms with E-state index in [1.807, 2.05) is 42.5 Å². The van der Waals surface area contributed by atoms with Crippen molar-refractivity contribution in [3.05, 3.63) is 72.3 Å². The summed E-state index contributed by atoms with van der Waals surface area (Å²) in [7, 11) is 1.57. The van der Waals surface area contributed by atoms with Crippen molar-refractivity contribution in [3.63, 3.8) is 0 Å². The molecule has 5 nitrogen and oxygen atoms in total. The molecule has 0 spiro atoms. The predicted molar refractivity (Wildman–Crippen MR) is 117 cm³/mol. The number of aromatic nitrogens is 1. The normalized spacial score (nSPS) is 10.7. The molecule has 0 unspecified atom stereocenters. The highest BCUT2D eigenvalue weighted by Gasteiger charge is 2.09. The number of nitrogens with zero attached hydrogens (tertiary/aromatic N) is 1. The number of amides is 1. The molecule has 29 heavy (non-hydrogen) atoms. The van der Waals surface area contributed by atoms with Crippen LogP contribution in [0.3, 0.4) is 0 Å². The SMILES string of the molecule is COc1ccccc1OCC(=O)Nc1ccc(-c2nc3ccc(C)cc3s2)cc1. The van der Waals surface area contributed by atoms with Gasteiger partial charge in [0.1, 0.15) is 5.01 Å². The van der Waals surface area contributed by atoms with Gasteiger partial charge in [0, 0.05) is 11.3 Å². The summed E-state index contributed by atoms with van der Waals surface area (Å²) in [6, 6.07) is 21.1. The quantitative estimate of drug-likeness (QED) is 0.474. The summed E-state index contributed by atoms with van der Waals surface area (Å²) >= 11 is 1.66. The number of rotatable bonds is 6. The molecule has 1 N–H and O–H groups in total. The highest BCUT2D eigenvalue weighted by atomic mass is 32.1. The van der Waals surface area contributed by atoms with Crippen LogP contribution in [0, 0.1) is 6.92 Å². The molecule has 6 heteroatoms. The first-order chi connectivity index (χ1) is 14.1. The molecule has 0 aliphatic carbocycles. The number of carbonyl (C=O) groups excluding carboxylic acids is 1. The number of carbonyl (C=O) groups is 1. The largest absolute Gasteiger partial charge is 0.493 e. The number of anilines is 1. The zero-order valence-corrected chi connectivity index (χ0v) is 17.0. The molecule has 0 saturated carbocycles. The number of nitrogens with one attached hydrogen (secondary N) is 1. The van der Waals surface area contributed by atoms with E-state index in [1.165, 1.54) is 10.3 Å². The van der Waals surface area contributed by atoms with Crippen molar-refractivity contribution in [3.8, 4) is 22.1 Å². The van der Waals surface area contributed by atoms with Crippen LogP contribution in [0.15, 0.2) is 66.7 Å². The fraction of sp³-hybridized carbons (Fsp3) is 0.130. The highest BCUT2D eigenvalue weighted by Crippen LogP contribution is 2.31. The molecule has 0 aliphatic rings. The molecule has 4 rings (SSSR count). The van der Waals surface area contributed by atoms with Crippen molar-refractivity contribution in [2.75, 3.05) is 19.0 Å². The molecule has 146 valence electrons. The molecule has 1 amide bonds. The third-order valence-corrected chi connectivity index (χ3v) is 5.45. The van der Waals surface area contributed by atoms with Crippen LogP contribution >= 0.6 is 11.3 Å². The second-order valence-electron chi connectivity index (χ2n) is 6.56. The second-order valence-corrected chi connectivity index (χ2v) is 7.59. The van der Waals surface area contributed by atoms with Gasteiger partial charge in [0.15, 0.2) is 18.1 Å². The number of benzene rings is 3. The number of fused-ring (bicyclic) bond motifs is 1. The summed E-state index contributed by atoms with van der Waals surface area (Å²) in [4.78, 5) is 16.9. The Hall–Kier alpha value is -3.38. The van der Waals surface area contributed by atoms with Crippen molar-refractivity contribution < 1.29 is 14.3 Å². The minimum atomic E-state index is -0.237. The minimum absolute atomic E-state index is 0.0979. The average molecular weight is 404 g/mol. The van der Waals surface area contributed by atoms with E-state index in [9.17, 15) is 4.79 Å². The Labute approximate surface area is 172 Å². The van der Waals surface area contributed by atoms with Gasteiger partial charge in [0.25, 0.3) is 5.91 Å². The van der Waals surface area contributed by atoms with Gasteiger partial charge in [-0.2, -0.15) is 0 Å². The Morgan fingerprint density at radius 1 is 1.03 bits per heavy atom. The third kappa shape index (κ3) is 4.38. The molecule has 0 aliphatic heterocycles. The van der Waals surface area contributed by atoms with E-state index >= 15 is 0 Å². The van der Waals surface area contributed by atoms with E-state index < -0.39 is 0 Å². The molecule has 1 aromatic heterocycles. The van der Waals surface area contributed by atoms with Crippen LogP contribution in [0.4, 0.5) is 5.69 Å². The standard InChI is InChI=1S/C23H20N2O3S/c1-15-7-12-18-21(13-15)29-23(25-18)16-8-10-17(11-9-16)24-22(26)14-28-20-6-4-3-5-19(20)27-2/h3-13H,14H2,1-2H3,(H,24,26). The van der Waals surface area contributed by atoms with Gasteiger partial charge in [0.2, 0.25) is 0 Å². The third-order valence-electron chi connectivity index (χ3n) is 4.39. The van der Waals surface area contributed by atoms with Crippen LogP contribution < -0.4 is 14.8 Å². The van der Waals surface area contributed by atoms with Gasteiger partial charge in [-0.05, 0) is 61.0 Å². The fourth-order valence-corrected chi connectivity index (χ4v) is 4.00. The highest BCUT2D eigenvalue weighted by molar-refractivity contribution is 7.21. The number of thiazole rings is 1. The number of para-hydroxylation sites is 2. The van der Waals surface area contributed by atoms with Gasteiger partial charge in [0.05, 0.1) is 17.3 Å². The van der Waals surface area contributed by atoms with Gasteiger partial charge in [-0.3, -0.25) is 4.79 Å². The maximum Gasteiger partial charge on any atom is 0.262 e. The van der Waals surface area contributed by atoms with E-state index in [0.717, 1.165) is 16.1 Å². The topological polar surface area (TPSA) is 60.5 Å². The first-order valence-corrected chi connectivity index (χ1v) is 9.97. The predicted octanol–water partition coefficient (Wildman–Crippen LogP) is 5.30. The van der Waals surface area contributed by atoms with Crippen LogP contribution in [-0.4, -0.2) is 24.6 Å². The molecular formula is C23H20N2O3S. The van der Waals surface area contributed by atoms with Crippen molar-refractivity contribution in [1.82, 2.24) is 4.98 Å². The molecular weight excluding hydrogens is 384 g/mol. The van der Waals surface area contributed by atoms with Gasteiger partial charge in [-0.1, -0.05) is 18.2 Å². The van der Waals surface area contributed by atoms with Crippen molar-refractivity contribution in [2.24, 2.45) is 0 Å². The first-order valence-electron chi connectivity index (χ1n) is 9.16. The van der Waals surface area contributed by atoms with Crippen LogP contribution in [0.2, 0.25) is 0 Å². The zero-order valence-electron chi connectivity index (χ0n) is 16.1. The lowest BCUT2D eigenvalue weighted by molar-refractivity contribution is -0.118. The Bertz CT molecular complexity index is 1150. The summed E-state index contributed by atoms with van der Waals surface area (Å²) in [5, 5.41) is 3.80.